The fourth-order valence-corrected chi connectivity index (χ4v) is 2.72. The van der Waals surface area contributed by atoms with Crippen LogP contribution in [-0.2, 0) is 4.79 Å². The number of aryl methyl sites for hydroxylation is 1. The lowest BCUT2D eigenvalue weighted by Gasteiger charge is -2.36. The molecule has 1 N–H and O–H groups in total. The van der Waals surface area contributed by atoms with Crippen LogP contribution in [0.3, 0.4) is 0 Å². The van der Waals surface area contributed by atoms with Crippen LogP contribution in [0.15, 0.2) is 24.3 Å². The van der Waals surface area contributed by atoms with Gasteiger partial charge in [-0.05, 0) is 31.7 Å². The van der Waals surface area contributed by atoms with Gasteiger partial charge in [0.25, 0.3) is 0 Å². The summed E-state index contributed by atoms with van der Waals surface area (Å²) in [5, 5.41) is 2.74. The summed E-state index contributed by atoms with van der Waals surface area (Å²) >= 11 is 0. The third kappa shape index (κ3) is 4.00. The number of hydrogen-bond acceptors (Lipinski definition) is 2. The number of hydrogen-bond donors (Lipinski definition) is 1. The normalized spacial score (nSPS) is 18.0. The van der Waals surface area contributed by atoms with Crippen molar-refractivity contribution >= 4 is 11.9 Å². The van der Waals surface area contributed by atoms with Crippen LogP contribution in [0.2, 0.25) is 0 Å². The van der Waals surface area contributed by atoms with Crippen LogP contribution in [0.5, 0.6) is 0 Å². The Bertz CT molecular complexity index is 525. The predicted molar refractivity (Wildman–Crippen MR) is 86.6 cm³/mol. The van der Waals surface area contributed by atoms with Crippen LogP contribution < -0.4 is 5.32 Å². The van der Waals surface area contributed by atoms with Crippen molar-refractivity contribution in [1.82, 2.24) is 15.1 Å². The summed E-state index contributed by atoms with van der Waals surface area (Å²) in [6, 6.07) is 8.29. The maximum Gasteiger partial charge on any atom is 0.318 e. The quantitative estimate of drug-likeness (QED) is 0.931. The predicted octanol–water partition coefficient (Wildman–Crippen LogP) is 2.32. The summed E-state index contributed by atoms with van der Waals surface area (Å²) < 4.78 is 0. The summed E-state index contributed by atoms with van der Waals surface area (Å²) in [7, 11) is 3.37. The Hall–Kier alpha value is -2.04. The van der Waals surface area contributed by atoms with Crippen molar-refractivity contribution in [3.63, 3.8) is 0 Å². The van der Waals surface area contributed by atoms with Gasteiger partial charge in [-0.15, -0.1) is 0 Å². The van der Waals surface area contributed by atoms with E-state index in [1.807, 2.05) is 4.90 Å². The second-order valence-corrected chi connectivity index (χ2v) is 6.06. The molecule has 1 saturated heterocycles. The molecule has 5 heteroatoms. The highest BCUT2D eigenvalue weighted by molar-refractivity contribution is 5.83. The van der Waals surface area contributed by atoms with E-state index in [0.29, 0.717) is 0 Å². The van der Waals surface area contributed by atoms with Crippen molar-refractivity contribution in [2.75, 3.05) is 27.2 Å². The molecular weight excluding hydrogens is 278 g/mol. The van der Waals surface area contributed by atoms with Gasteiger partial charge in [-0.2, -0.15) is 0 Å². The Morgan fingerprint density at radius 1 is 1.23 bits per heavy atom. The van der Waals surface area contributed by atoms with Gasteiger partial charge >= 0.3 is 6.03 Å². The van der Waals surface area contributed by atoms with Gasteiger partial charge in [-0.3, -0.25) is 4.79 Å². The molecule has 1 aliphatic rings. The van der Waals surface area contributed by atoms with E-state index < -0.39 is 0 Å². The Morgan fingerprint density at radius 2 is 1.91 bits per heavy atom. The first-order valence-corrected chi connectivity index (χ1v) is 7.80. The summed E-state index contributed by atoms with van der Waals surface area (Å²) in [6.07, 6.45) is 3.11. The van der Waals surface area contributed by atoms with Crippen molar-refractivity contribution in [2.45, 2.75) is 32.2 Å². The van der Waals surface area contributed by atoms with Crippen molar-refractivity contribution in [1.29, 1.82) is 0 Å². The maximum absolute atomic E-state index is 12.4. The highest BCUT2D eigenvalue weighted by Crippen LogP contribution is 2.30. The number of carbonyl (C=O) groups excluding carboxylic acids is 2. The molecule has 22 heavy (non-hydrogen) atoms. The molecule has 1 heterocycles. The van der Waals surface area contributed by atoms with E-state index in [-0.39, 0.29) is 24.5 Å². The zero-order chi connectivity index (χ0) is 16.1. The van der Waals surface area contributed by atoms with E-state index in [4.69, 9.17) is 0 Å². The molecule has 1 aromatic carbocycles. The summed E-state index contributed by atoms with van der Waals surface area (Å²) in [5.74, 6) is -0.0998. The number of carbonyl (C=O) groups is 2. The summed E-state index contributed by atoms with van der Waals surface area (Å²) in [6.45, 7) is 2.84. The Labute approximate surface area is 132 Å². The van der Waals surface area contributed by atoms with E-state index in [1.54, 1.807) is 14.1 Å². The monoisotopic (exact) mass is 303 g/mol. The average Bonchev–Trinajstić information content (AvgIpc) is 2.53. The van der Waals surface area contributed by atoms with Crippen molar-refractivity contribution in [2.24, 2.45) is 0 Å². The lowest BCUT2D eigenvalue weighted by Crippen LogP contribution is -2.47. The van der Waals surface area contributed by atoms with Gasteiger partial charge in [0.05, 0.1) is 12.6 Å². The number of nitrogens with zero attached hydrogens (tertiary/aromatic N) is 2. The highest BCUT2D eigenvalue weighted by Gasteiger charge is 2.28. The zero-order valence-corrected chi connectivity index (χ0v) is 13.6. The van der Waals surface area contributed by atoms with Crippen LogP contribution >= 0.6 is 0 Å². The first kappa shape index (κ1) is 16.3. The molecule has 1 aliphatic heterocycles. The molecule has 5 nitrogen and oxygen atoms in total. The van der Waals surface area contributed by atoms with Crippen LogP contribution in [0.4, 0.5) is 4.79 Å². The SMILES string of the molecule is Cc1ccc([C@H]2CCCCN2C(=O)NCC(=O)N(C)C)cc1. The minimum absolute atomic E-state index is 0.0446. The van der Waals surface area contributed by atoms with E-state index in [1.165, 1.54) is 16.0 Å². The molecular formula is C17H25N3O2. The van der Waals surface area contributed by atoms with Gasteiger partial charge < -0.3 is 15.1 Å². The van der Waals surface area contributed by atoms with E-state index >= 15 is 0 Å². The molecule has 0 spiro atoms. The number of amides is 3. The highest BCUT2D eigenvalue weighted by atomic mass is 16.2. The summed E-state index contributed by atoms with van der Waals surface area (Å²) in [5.41, 5.74) is 2.38. The van der Waals surface area contributed by atoms with Crippen LogP contribution in [0, 0.1) is 6.92 Å². The fraction of sp³-hybridized carbons (Fsp3) is 0.529. The van der Waals surface area contributed by atoms with Gasteiger partial charge in [-0.1, -0.05) is 29.8 Å². The van der Waals surface area contributed by atoms with Crippen LogP contribution in [0.1, 0.15) is 36.4 Å². The first-order chi connectivity index (χ1) is 10.5. The molecule has 1 fully saturated rings. The van der Waals surface area contributed by atoms with Crippen LogP contribution in [-0.4, -0.2) is 48.9 Å². The second-order valence-electron chi connectivity index (χ2n) is 6.06. The average molecular weight is 303 g/mol. The standard InChI is InChI=1S/C17H25N3O2/c1-13-7-9-14(10-8-13)15-6-4-5-11-20(15)17(22)18-12-16(21)19(2)3/h7-10,15H,4-6,11-12H2,1-3H3,(H,18,22)/t15-/m1/s1. The number of nitrogens with one attached hydrogen (secondary N) is 1. The molecule has 1 atom stereocenters. The second kappa shape index (κ2) is 7.29. The third-order valence-electron chi connectivity index (χ3n) is 4.12. The number of urea groups is 1. The van der Waals surface area contributed by atoms with Gasteiger partial charge in [-0.25, -0.2) is 4.79 Å². The Kier molecular flexibility index (Phi) is 5.41. The molecule has 0 bridgehead atoms. The number of likely N-dealkylation sites (tertiary alicyclic amines) is 1. The Balaban J connectivity index is 2.04. The lowest BCUT2D eigenvalue weighted by atomic mass is 9.95. The molecule has 1 aromatic rings. The number of likely N-dealkylation sites (N-methyl/N-ethyl adjacent to an activating group) is 1. The smallest absolute Gasteiger partial charge is 0.318 e. The van der Waals surface area contributed by atoms with Gasteiger partial charge in [0.2, 0.25) is 5.91 Å². The molecule has 0 radical (unpaired) electrons. The van der Waals surface area contributed by atoms with Crippen molar-refractivity contribution in [3.8, 4) is 0 Å². The Morgan fingerprint density at radius 3 is 2.55 bits per heavy atom. The van der Waals surface area contributed by atoms with Gasteiger partial charge in [0, 0.05) is 20.6 Å². The topological polar surface area (TPSA) is 52.7 Å². The van der Waals surface area contributed by atoms with E-state index in [0.717, 1.165) is 25.8 Å². The minimum atomic E-state index is -0.152. The number of benzene rings is 1. The van der Waals surface area contributed by atoms with Crippen LogP contribution in [0.25, 0.3) is 0 Å². The molecule has 0 saturated carbocycles. The summed E-state index contributed by atoms with van der Waals surface area (Å²) in [4.78, 5) is 27.4. The van der Waals surface area contributed by atoms with E-state index in [2.05, 4.69) is 36.5 Å². The fourth-order valence-electron chi connectivity index (χ4n) is 2.72. The lowest BCUT2D eigenvalue weighted by molar-refractivity contribution is -0.127. The molecule has 0 aromatic heterocycles. The minimum Gasteiger partial charge on any atom is -0.347 e. The molecule has 2 rings (SSSR count). The van der Waals surface area contributed by atoms with Gasteiger partial charge in [0.15, 0.2) is 0 Å². The molecule has 120 valence electrons. The zero-order valence-electron chi connectivity index (χ0n) is 13.6. The largest absolute Gasteiger partial charge is 0.347 e. The molecule has 0 unspecified atom stereocenters. The maximum atomic E-state index is 12.4. The number of piperidine rings is 1. The molecule has 3 amide bonds. The van der Waals surface area contributed by atoms with E-state index in [9.17, 15) is 9.59 Å². The third-order valence-corrected chi connectivity index (χ3v) is 4.12. The van der Waals surface area contributed by atoms with Gasteiger partial charge in [0.1, 0.15) is 0 Å². The van der Waals surface area contributed by atoms with Crippen molar-refractivity contribution < 1.29 is 9.59 Å². The number of rotatable bonds is 3. The molecule has 0 aliphatic carbocycles. The van der Waals surface area contributed by atoms with Crippen molar-refractivity contribution in [3.05, 3.63) is 35.4 Å². The first-order valence-electron chi connectivity index (χ1n) is 7.80.